The fourth-order valence-corrected chi connectivity index (χ4v) is 3.39. The molecule has 2 nitrogen and oxygen atoms in total. The van der Waals surface area contributed by atoms with Gasteiger partial charge in [-0.15, -0.1) is 0 Å². The molecule has 2 atom stereocenters. The minimum absolute atomic E-state index is 0.0446. The largest absolute Gasteiger partial charge is 0.378 e. The summed E-state index contributed by atoms with van der Waals surface area (Å²) in [7, 11) is 1.88. The zero-order chi connectivity index (χ0) is 14.3. The molecule has 0 saturated heterocycles. The van der Waals surface area contributed by atoms with Crippen molar-refractivity contribution in [3.63, 3.8) is 0 Å². The summed E-state index contributed by atoms with van der Waals surface area (Å²) in [5, 5.41) is 0. The van der Waals surface area contributed by atoms with Gasteiger partial charge in [0, 0.05) is 19.0 Å². The van der Waals surface area contributed by atoms with Crippen LogP contribution in [0.3, 0.4) is 0 Å². The Balaban J connectivity index is 3.18. The maximum absolute atomic E-state index is 5.92. The summed E-state index contributed by atoms with van der Waals surface area (Å²) in [5.41, 5.74) is 2.90. The standard InChI is InChI=1S/C17H31NO/c1-6-14-11-10-12-17(8-3,19-5)13-15(14)16(7-2)18-9-4/h9,14H,6-8,10-13H2,1-5H3/b16-15-,18-9-. The van der Waals surface area contributed by atoms with Crippen LogP contribution in [0.25, 0.3) is 0 Å². The van der Waals surface area contributed by atoms with Gasteiger partial charge in [0.05, 0.1) is 5.60 Å². The van der Waals surface area contributed by atoms with Crippen molar-refractivity contribution in [3.8, 4) is 0 Å². The van der Waals surface area contributed by atoms with Crippen LogP contribution in [0.5, 0.6) is 0 Å². The molecule has 0 aromatic heterocycles. The molecule has 0 heterocycles. The Morgan fingerprint density at radius 3 is 2.63 bits per heavy atom. The van der Waals surface area contributed by atoms with Crippen LogP contribution >= 0.6 is 0 Å². The average molecular weight is 265 g/mol. The number of ether oxygens (including phenoxy) is 1. The molecular weight excluding hydrogens is 234 g/mol. The zero-order valence-corrected chi connectivity index (χ0v) is 13.5. The van der Waals surface area contributed by atoms with Gasteiger partial charge in [0.25, 0.3) is 0 Å². The molecule has 0 aliphatic heterocycles. The lowest BCUT2D eigenvalue weighted by molar-refractivity contribution is -0.0192. The highest BCUT2D eigenvalue weighted by Gasteiger charge is 2.34. The summed E-state index contributed by atoms with van der Waals surface area (Å²) in [5.74, 6) is 0.697. The predicted octanol–water partition coefficient (Wildman–Crippen LogP) is 5.14. The number of nitrogens with zero attached hydrogens (tertiary/aromatic N) is 1. The minimum atomic E-state index is 0.0446. The third kappa shape index (κ3) is 3.92. The topological polar surface area (TPSA) is 21.6 Å². The third-order valence-electron chi connectivity index (χ3n) is 4.75. The van der Waals surface area contributed by atoms with Crippen LogP contribution in [-0.4, -0.2) is 18.9 Å². The van der Waals surface area contributed by atoms with Crippen LogP contribution < -0.4 is 0 Å². The molecule has 0 N–H and O–H groups in total. The molecule has 1 rings (SSSR count). The van der Waals surface area contributed by atoms with E-state index in [0.29, 0.717) is 5.92 Å². The van der Waals surface area contributed by atoms with Gasteiger partial charge in [-0.3, -0.25) is 4.99 Å². The van der Waals surface area contributed by atoms with Crippen molar-refractivity contribution in [1.29, 1.82) is 0 Å². The molecule has 0 aromatic rings. The second-order valence-corrected chi connectivity index (χ2v) is 5.63. The van der Waals surface area contributed by atoms with Crippen molar-refractivity contribution in [3.05, 3.63) is 11.3 Å². The summed E-state index contributed by atoms with van der Waals surface area (Å²) in [6.45, 7) is 8.78. The highest BCUT2D eigenvalue weighted by molar-refractivity contribution is 5.55. The molecule has 0 radical (unpaired) electrons. The van der Waals surface area contributed by atoms with Gasteiger partial charge in [-0.1, -0.05) is 20.8 Å². The molecule has 1 fully saturated rings. The SMILES string of the molecule is C/C=N\C(CC)=C1\CC(CC)(OC)CCCC1CC. The van der Waals surface area contributed by atoms with Crippen molar-refractivity contribution in [2.24, 2.45) is 10.9 Å². The summed E-state index contributed by atoms with van der Waals surface area (Å²) in [6, 6.07) is 0. The first-order valence-corrected chi connectivity index (χ1v) is 7.92. The van der Waals surface area contributed by atoms with Gasteiger partial charge in [-0.25, -0.2) is 0 Å². The molecule has 1 saturated carbocycles. The monoisotopic (exact) mass is 265 g/mol. The maximum atomic E-state index is 5.92. The number of hydrogen-bond donors (Lipinski definition) is 0. The van der Waals surface area contributed by atoms with E-state index in [-0.39, 0.29) is 5.60 Å². The molecule has 1 aliphatic carbocycles. The molecule has 2 unspecified atom stereocenters. The molecule has 2 heteroatoms. The smallest absolute Gasteiger partial charge is 0.0714 e. The Morgan fingerprint density at radius 2 is 2.16 bits per heavy atom. The van der Waals surface area contributed by atoms with E-state index in [1.165, 1.54) is 31.4 Å². The minimum Gasteiger partial charge on any atom is -0.378 e. The van der Waals surface area contributed by atoms with Gasteiger partial charge >= 0.3 is 0 Å². The van der Waals surface area contributed by atoms with Crippen LogP contribution in [0.1, 0.15) is 72.6 Å². The van der Waals surface area contributed by atoms with Crippen LogP contribution in [-0.2, 0) is 4.74 Å². The summed E-state index contributed by atoms with van der Waals surface area (Å²) in [6.07, 6.45) is 10.1. The van der Waals surface area contributed by atoms with E-state index >= 15 is 0 Å². The lowest BCUT2D eigenvalue weighted by Gasteiger charge is -2.32. The maximum Gasteiger partial charge on any atom is 0.0714 e. The molecule has 0 spiro atoms. The third-order valence-corrected chi connectivity index (χ3v) is 4.75. The average Bonchev–Trinajstić information content (AvgIpc) is 2.64. The van der Waals surface area contributed by atoms with E-state index in [9.17, 15) is 0 Å². The fraction of sp³-hybridized carbons (Fsp3) is 0.824. The van der Waals surface area contributed by atoms with Crippen LogP contribution in [0.2, 0.25) is 0 Å². The first kappa shape index (κ1) is 16.4. The van der Waals surface area contributed by atoms with Crippen LogP contribution in [0.15, 0.2) is 16.3 Å². The summed E-state index contributed by atoms with van der Waals surface area (Å²) >= 11 is 0. The fourth-order valence-electron chi connectivity index (χ4n) is 3.39. The van der Waals surface area contributed by atoms with E-state index in [4.69, 9.17) is 4.74 Å². The molecular formula is C17H31NO. The van der Waals surface area contributed by atoms with Crippen molar-refractivity contribution in [2.45, 2.75) is 78.2 Å². The Morgan fingerprint density at radius 1 is 1.42 bits per heavy atom. The summed E-state index contributed by atoms with van der Waals surface area (Å²) in [4.78, 5) is 4.64. The highest BCUT2D eigenvalue weighted by atomic mass is 16.5. The second-order valence-electron chi connectivity index (χ2n) is 5.63. The number of hydrogen-bond acceptors (Lipinski definition) is 2. The van der Waals surface area contributed by atoms with Crippen molar-refractivity contribution >= 4 is 6.21 Å². The van der Waals surface area contributed by atoms with Gasteiger partial charge in [-0.2, -0.15) is 0 Å². The molecule has 110 valence electrons. The lowest BCUT2D eigenvalue weighted by atomic mass is 9.84. The van der Waals surface area contributed by atoms with E-state index in [0.717, 1.165) is 19.3 Å². The first-order valence-electron chi connectivity index (χ1n) is 7.92. The quantitative estimate of drug-likeness (QED) is 0.498. The van der Waals surface area contributed by atoms with Crippen molar-refractivity contribution in [1.82, 2.24) is 0 Å². The molecule has 0 bridgehead atoms. The van der Waals surface area contributed by atoms with Gasteiger partial charge in [0.1, 0.15) is 0 Å². The number of methoxy groups -OCH3 is 1. The predicted molar refractivity (Wildman–Crippen MR) is 83.8 cm³/mol. The van der Waals surface area contributed by atoms with Crippen molar-refractivity contribution in [2.75, 3.05) is 7.11 Å². The molecule has 19 heavy (non-hydrogen) atoms. The molecule has 1 aliphatic rings. The van der Waals surface area contributed by atoms with Crippen LogP contribution in [0.4, 0.5) is 0 Å². The molecule has 0 amide bonds. The number of aliphatic imine (C=N–C) groups is 1. The lowest BCUT2D eigenvalue weighted by Crippen LogP contribution is -2.30. The van der Waals surface area contributed by atoms with Gasteiger partial charge in [0.2, 0.25) is 0 Å². The number of rotatable bonds is 5. The van der Waals surface area contributed by atoms with E-state index in [2.05, 4.69) is 25.8 Å². The van der Waals surface area contributed by atoms with E-state index < -0.39 is 0 Å². The Hall–Kier alpha value is -0.630. The first-order chi connectivity index (χ1) is 9.16. The van der Waals surface area contributed by atoms with Gasteiger partial charge < -0.3 is 4.74 Å². The summed E-state index contributed by atoms with van der Waals surface area (Å²) < 4.78 is 5.92. The normalized spacial score (nSPS) is 31.5. The highest BCUT2D eigenvalue weighted by Crippen LogP contribution is 2.41. The molecule has 0 aromatic carbocycles. The zero-order valence-electron chi connectivity index (χ0n) is 13.5. The second kappa shape index (κ2) is 7.84. The van der Waals surface area contributed by atoms with Gasteiger partial charge in [-0.05, 0) is 63.4 Å². The van der Waals surface area contributed by atoms with E-state index in [1.807, 2.05) is 20.2 Å². The Bertz CT molecular complexity index is 326. The van der Waals surface area contributed by atoms with Crippen molar-refractivity contribution < 1.29 is 4.74 Å². The Kier molecular flexibility index (Phi) is 6.78. The number of allylic oxidation sites excluding steroid dienone is 1. The Labute approximate surface area is 119 Å². The van der Waals surface area contributed by atoms with Gasteiger partial charge in [0.15, 0.2) is 0 Å². The van der Waals surface area contributed by atoms with E-state index in [1.54, 1.807) is 5.57 Å². The van der Waals surface area contributed by atoms with Crippen LogP contribution in [0, 0.1) is 5.92 Å².